The zero-order valence-electron chi connectivity index (χ0n) is 20.0. The second kappa shape index (κ2) is 10.8. The first-order valence-electron chi connectivity index (χ1n) is 11.7. The number of carboxylic acid groups (broad SMARTS) is 1. The maximum Gasteiger partial charge on any atom is 0.305 e. The smallest absolute Gasteiger partial charge is 0.305 e. The molecule has 0 spiro atoms. The van der Waals surface area contributed by atoms with Gasteiger partial charge in [-0.2, -0.15) is 5.10 Å². The van der Waals surface area contributed by atoms with Crippen molar-refractivity contribution in [3.8, 4) is 22.5 Å². The SMILES string of the molecule is CC(C)c1nc2cc(-c3ccccc3)nn2c(-c2ccc(F)cc2)c1/C=C/[C@@H](O)C[C@@H](O)CC(=O)O. The number of halogens is 1. The minimum atomic E-state index is -1.18. The Morgan fingerprint density at radius 2 is 1.75 bits per heavy atom. The molecule has 7 nitrogen and oxygen atoms in total. The Balaban J connectivity index is 1.88. The summed E-state index contributed by atoms with van der Waals surface area (Å²) in [6.45, 7) is 4.01. The van der Waals surface area contributed by atoms with Crippen molar-refractivity contribution in [2.24, 2.45) is 0 Å². The number of carboxylic acids is 1. The highest BCUT2D eigenvalue weighted by Crippen LogP contribution is 2.33. The topological polar surface area (TPSA) is 108 Å². The van der Waals surface area contributed by atoms with Crippen molar-refractivity contribution in [1.82, 2.24) is 14.6 Å². The van der Waals surface area contributed by atoms with Crippen molar-refractivity contribution >= 4 is 17.7 Å². The highest BCUT2D eigenvalue weighted by molar-refractivity contribution is 5.77. The van der Waals surface area contributed by atoms with E-state index in [2.05, 4.69) is 0 Å². The summed E-state index contributed by atoms with van der Waals surface area (Å²) < 4.78 is 15.5. The van der Waals surface area contributed by atoms with Crippen molar-refractivity contribution in [2.75, 3.05) is 0 Å². The molecule has 0 unspecified atom stereocenters. The summed E-state index contributed by atoms with van der Waals surface area (Å²) in [5.41, 5.74) is 5.15. The van der Waals surface area contributed by atoms with Crippen LogP contribution in [0.3, 0.4) is 0 Å². The molecule has 2 atom stereocenters. The average Bonchev–Trinajstić information content (AvgIpc) is 3.26. The molecule has 0 fully saturated rings. The first-order valence-corrected chi connectivity index (χ1v) is 11.7. The minimum absolute atomic E-state index is 0.0127. The standard InChI is InChI=1S/C28H28FN3O4/c1-17(2)27-23(13-12-21(33)14-22(34)15-26(35)36)28(19-8-10-20(29)11-9-19)32-25(30-27)16-24(31-32)18-6-4-3-5-7-18/h3-13,16-17,21-22,33-34H,14-15H2,1-2H3,(H,35,36)/b13-12+/t21-,22-/m1/s1. The molecule has 2 aromatic carbocycles. The maximum absolute atomic E-state index is 13.8. The van der Waals surface area contributed by atoms with Gasteiger partial charge in [-0.15, -0.1) is 0 Å². The van der Waals surface area contributed by atoms with Gasteiger partial charge < -0.3 is 15.3 Å². The largest absolute Gasteiger partial charge is 0.481 e. The van der Waals surface area contributed by atoms with Crippen LogP contribution in [-0.4, -0.2) is 48.1 Å². The molecule has 0 radical (unpaired) electrons. The van der Waals surface area contributed by atoms with E-state index >= 15 is 0 Å². The Morgan fingerprint density at radius 1 is 1.06 bits per heavy atom. The van der Waals surface area contributed by atoms with E-state index in [4.69, 9.17) is 15.2 Å². The Morgan fingerprint density at radius 3 is 2.39 bits per heavy atom. The van der Waals surface area contributed by atoms with Gasteiger partial charge in [0.1, 0.15) is 5.82 Å². The van der Waals surface area contributed by atoms with E-state index in [0.717, 1.165) is 17.0 Å². The lowest BCUT2D eigenvalue weighted by molar-refractivity contribution is -0.139. The molecule has 0 aliphatic heterocycles. The number of aromatic nitrogens is 3. The summed E-state index contributed by atoms with van der Waals surface area (Å²) in [5.74, 6) is -1.49. The van der Waals surface area contributed by atoms with Crippen LogP contribution in [0.15, 0.2) is 66.7 Å². The lowest BCUT2D eigenvalue weighted by Gasteiger charge is -2.17. The number of aliphatic carboxylic acids is 1. The second-order valence-electron chi connectivity index (χ2n) is 9.00. The van der Waals surface area contributed by atoms with Gasteiger partial charge in [-0.1, -0.05) is 56.3 Å². The van der Waals surface area contributed by atoms with Crippen LogP contribution >= 0.6 is 0 Å². The van der Waals surface area contributed by atoms with Gasteiger partial charge in [0, 0.05) is 29.2 Å². The monoisotopic (exact) mass is 489 g/mol. The molecule has 186 valence electrons. The molecule has 4 aromatic rings. The van der Waals surface area contributed by atoms with E-state index in [9.17, 15) is 19.4 Å². The summed E-state index contributed by atoms with van der Waals surface area (Å²) in [6, 6.07) is 17.7. The third kappa shape index (κ3) is 5.67. The van der Waals surface area contributed by atoms with Crippen LogP contribution in [0.1, 0.15) is 43.9 Å². The highest BCUT2D eigenvalue weighted by Gasteiger charge is 2.20. The number of benzene rings is 2. The quantitative estimate of drug-likeness (QED) is 0.308. The van der Waals surface area contributed by atoms with E-state index < -0.39 is 24.6 Å². The van der Waals surface area contributed by atoms with Crippen molar-refractivity contribution in [3.63, 3.8) is 0 Å². The average molecular weight is 490 g/mol. The van der Waals surface area contributed by atoms with E-state index in [-0.39, 0.29) is 18.2 Å². The number of aliphatic hydroxyl groups excluding tert-OH is 2. The zero-order chi connectivity index (χ0) is 25.8. The summed E-state index contributed by atoms with van der Waals surface area (Å²) in [6.07, 6.45) is 0.390. The number of hydrogen-bond acceptors (Lipinski definition) is 5. The lowest BCUT2D eigenvalue weighted by atomic mass is 9.97. The van der Waals surface area contributed by atoms with E-state index in [1.54, 1.807) is 22.7 Å². The molecule has 3 N–H and O–H groups in total. The van der Waals surface area contributed by atoms with Gasteiger partial charge in [-0.25, -0.2) is 13.9 Å². The summed E-state index contributed by atoms with van der Waals surface area (Å²) in [4.78, 5) is 15.7. The summed E-state index contributed by atoms with van der Waals surface area (Å²) in [7, 11) is 0. The molecule has 0 bridgehead atoms. The number of hydrogen-bond donors (Lipinski definition) is 3. The second-order valence-corrected chi connectivity index (χ2v) is 9.00. The van der Waals surface area contributed by atoms with Crippen LogP contribution in [0.2, 0.25) is 0 Å². The van der Waals surface area contributed by atoms with Gasteiger partial charge in [0.2, 0.25) is 0 Å². The molecule has 36 heavy (non-hydrogen) atoms. The molecular formula is C28H28FN3O4. The van der Waals surface area contributed by atoms with Crippen LogP contribution in [0.4, 0.5) is 4.39 Å². The number of aliphatic hydroxyl groups is 2. The van der Waals surface area contributed by atoms with Gasteiger partial charge in [-0.05, 0) is 30.2 Å². The Kier molecular flexibility index (Phi) is 7.57. The van der Waals surface area contributed by atoms with Crippen molar-refractivity contribution in [2.45, 2.75) is 44.8 Å². The third-order valence-electron chi connectivity index (χ3n) is 5.81. The van der Waals surface area contributed by atoms with Gasteiger partial charge in [0.05, 0.1) is 35.7 Å². The van der Waals surface area contributed by atoms with Crippen LogP contribution in [0.5, 0.6) is 0 Å². The molecule has 0 saturated carbocycles. The van der Waals surface area contributed by atoms with E-state index in [0.29, 0.717) is 22.5 Å². The molecule has 4 rings (SSSR count). The van der Waals surface area contributed by atoms with E-state index in [1.165, 1.54) is 18.2 Å². The first kappa shape index (κ1) is 25.2. The molecule has 0 saturated heterocycles. The Labute approximate surface area is 208 Å². The fourth-order valence-corrected chi connectivity index (χ4v) is 4.12. The molecule has 8 heteroatoms. The van der Waals surface area contributed by atoms with Crippen molar-refractivity contribution in [3.05, 3.63) is 83.8 Å². The lowest BCUT2D eigenvalue weighted by Crippen LogP contribution is -2.19. The minimum Gasteiger partial charge on any atom is -0.481 e. The summed E-state index contributed by atoms with van der Waals surface area (Å²) >= 11 is 0. The predicted octanol–water partition coefficient (Wildman–Crippen LogP) is 4.93. The van der Waals surface area contributed by atoms with Gasteiger partial charge in [-0.3, -0.25) is 4.79 Å². The Hall–Kier alpha value is -3.88. The molecule has 0 amide bonds. The Bertz CT molecular complexity index is 1380. The fourth-order valence-electron chi connectivity index (χ4n) is 4.12. The molecular weight excluding hydrogens is 461 g/mol. The van der Waals surface area contributed by atoms with Crippen LogP contribution in [0, 0.1) is 5.82 Å². The fraction of sp³-hybridized carbons (Fsp3) is 0.250. The number of fused-ring (bicyclic) bond motifs is 1. The van der Waals surface area contributed by atoms with Crippen LogP contribution in [0.25, 0.3) is 34.2 Å². The zero-order valence-corrected chi connectivity index (χ0v) is 20.0. The normalized spacial score (nSPS) is 13.5. The number of carbonyl (C=O) groups is 1. The highest BCUT2D eigenvalue weighted by atomic mass is 19.1. The molecule has 2 aromatic heterocycles. The third-order valence-corrected chi connectivity index (χ3v) is 5.81. The van der Waals surface area contributed by atoms with E-state index in [1.807, 2.05) is 50.2 Å². The van der Waals surface area contributed by atoms with Gasteiger partial charge in [0.15, 0.2) is 5.65 Å². The van der Waals surface area contributed by atoms with Crippen LogP contribution < -0.4 is 0 Å². The molecule has 0 aliphatic carbocycles. The first-order chi connectivity index (χ1) is 17.2. The van der Waals surface area contributed by atoms with Gasteiger partial charge in [0.25, 0.3) is 0 Å². The van der Waals surface area contributed by atoms with Crippen LogP contribution in [-0.2, 0) is 4.79 Å². The number of rotatable bonds is 9. The maximum atomic E-state index is 13.8. The summed E-state index contributed by atoms with van der Waals surface area (Å²) in [5, 5.41) is 34.0. The number of nitrogens with zero attached hydrogens (tertiary/aromatic N) is 3. The predicted molar refractivity (Wildman–Crippen MR) is 136 cm³/mol. The van der Waals surface area contributed by atoms with Crippen molar-refractivity contribution in [1.29, 1.82) is 0 Å². The van der Waals surface area contributed by atoms with Gasteiger partial charge >= 0.3 is 5.97 Å². The molecule has 2 heterocycles. The van der Waals surface area contributed by atoms with Crippen molar-refractivity contribution < 1.29 is 24.5 Å². The molecule has 0 aliphatic rings.